The molecule has 0 spiro atoms. The van der Waals surface area contributed by atoms with Crippen molar-refractivity contribution in [1.29, 1.82) is 0 Å². The van der Waals surface area contributed by atoms with Gasteiger partial charge in [0.2, 0.25) is 11.5 Å². The number of nitrogens with zero attached hydrogens (tertiary/aromatic N) is 1. The van der Waals surface area contributed by atoms with Gasteiger partial charge in [-0.15, -0.1) is 0 Å². The Morgan fingerprint density at radius 2 is 1.78 bits per heavy atom. The van der Waals surface area contributed by atoms with Crippen molar-refractivity contribution in [2.75, 3.05) is 14.1 Å². The molecule has 23 heavy (non-hydrogen) atoms. The molecule has 0 aliphatic heterocycles. The zero-order valence-corrected chi connectivity index (χ0v) is 13.6. The van der Waals surface area contributed by atoms with Crippen LogP contribution >= 0.6 is 0 Å². The van der Waals surface area contributed by atoms with Gasteiger partial charge in [0.15, 0.2) is 0 Å². The molecule has 1 aromatic rings. The van der Waals surface area contributed by atoms with Crippen molar-refractivity contribution in [2.45, 2.75) is 13.8 Å². The van der Waals surface area contributed by atoms with Crippen LogP contribution in [0.5, 0.6) is 0 Å². The minimum atomic E-state index is -0.264. The maximum Gasteiger partial charge on any atom is 0.203 e. The van der Waals surface area contributed by atoms with Crippen molar-refractivity contribution in [3.05, 3.63) is 63.9 Å². The molecule has 5 nitrogen and oxygen atoms in total. The first kappa shape index (κ1) is 15.1. The van der Waals surface area contributed by atoms with Crippen molar-refractivity contribution < 1.29 is 19.6 Å². The van der Waals surface area contributed by atoms with Gasteiger partial charge >= 0.3 is 0 Å². The monoisotopic (exact) mass is 311 g/mol. The number of aryl methyl sites for hydroxylation is 2. The maximum absolute atomic E-state index is 12.5. The molecular formula is C18H19N2O3+. The second kappa shape index (κ2) is 5.12. The van der Waals surface area contributed by atoms with Crippen molar-refractivity contribution in [3.8, 4) is 0 Å². The second-order valence-electron chi connectivity index (χ2n) is 6.03. The fraction of sp³-hybridized carbons (Fsp3) is 0.222. The van der Waals surface area contributed by atoms with Crippen molar-refractivity contribution in [2.24, 2.45) is 0 Å². The Hall–Kier alpha value is -2.82. The minimum absolute atomic E-state index is 0.0236. The van der Waals surface area contributed by atoms with Gasteiger partial charge < -0.3 is 15.2 Å². The fourth-order valence-corrected chi connectivity index (χ4v) is 2.88. The van der Waals surface area contributed by atoms with E-state index in [9.17, 15) is 15.0 Å². The molecule has 1 aromatic heterocycles. The zero-order valence-electron chi connectivity index (χ0n) is 13.6. The zero-order chi connectivity index (χ0) is 16.9. The van der Waals surface area contributed by atoms with E-state index in [0.717, 1.165) is 17.0 Å². The van der Waals surface area contributed by atoms with Gasteiger partial charge in [-0.05, 0) is 31.6 Å². The van der Waals surface area contributed by atoms with Crippen molar-refractivity contribution in [1.82, 2.24) is 4.98 Å². The Balaban J connectivity index is 2.10. The lowest BCUT2D eigenvalue weighted by atomic mass is 9.80. The van der Waals surface area contributed by atoms with E-state index in [0.29, 0.717) is 11.3 Å². The Kier molecular flexibility index (Phi) is 3.36. The standard InChI is InChI=1S/C18H18N2O3/c1-9-7-10(2)19-16(9)15-17(22)14(18(15)23)12-6-5-11(20(3)4)8-13(12)21/h5-8H,1-4H3,(H2,19,21,22,23)/p+1. The van der Waals surface area contributed by atoms with Crippen molar-refractivity contribution in [3.63, 3.8) is 0 Å². The number of allylic oxidation sites excluding steroid dienone is 5. The molecule has 0 saturated carbocycles. The van der Waals surface area contributed by atoms with E-state index in [1.165, 1.54) is 0 Å². The summed E-state index contributed by atoms with van der Waals surface area (Å²) in [6, 6.07) is 1.92. The van der Waals surface area contributed by atoms with E-state index in [1.54, 1.807) is 18.2 Å². The average molecular weight is 311 g/mol. The molecule has 0 radical (unpaired) electrons. The summed E-state index contributed by atoms with van der Waals surface area (Å²) in [4.78, 5) is 15.6. The molecule has 1 heterocycles. The summed E-state index contributed by atoms with van der Waals surface area (Å²) in [6.07, 6.45) is 5.02. The third-order valence-corrected chi connectivity index (χ3v) is 4.09. The molecule has 3 N–H and O–H groups in total. The largest absolute Gasteiger partial charge is 0.507 e. The Morgan fingerprint density at radius 3 is 2.26 bits per heavy atom. The lowest BCUT2D eigenvalue weighted by Gasteiger charge is -2.24. The third-order valence-electron chi connectivity index (χ3n) is 4.09. The summed E-state index contributed by atoms with van der Waals surface area (Å²) < 4.78 is 1.85. The predicted molar refractivity (Wildman–Crippen MR) is 88.8 cm³/mol. The predicted octanol–water partition coefficient (Wildman–Crippen LogP) is 2.50. The number of aromatic amines is 1. The molecule has 0 bridgehead atoms. The first-order chi connectivity index (χ1) is 10.8. The topological polar surface area (TPSA) is 76.3 Å². The molecular weight excluding hydrogens is 292 g/mol. The quantitative estimate of drug-likeness (QED) is 0.551. The molecule has 3 rings (SSSR count). The van der Waals surface area contributed by atoms with Crippen LogP contribution in [0.3, 0.4) is 0 Å². The van der Waals surface area contributed by atoms with Crippen LogP contribution in [0.2, 0.25) is 0 Å². The molecule has 0 atom stereocenters. The summed E-state index contributed by atoms with van der Waals surface area (Å²) in [7, 11) is 3.73. The van der Waals surface area contributed by atoms with Gasteiger partial charge in [-0.2, -0.15) is 0 Å². The first-order valence-electron chi connectivity index (χ1n) is 7.33. The van der Waals surface area contributed by atoms with Gasteiger partial charge in [0.25, 0.3) is 0 Å². The van der Waals surface area contributed by atoms with Gasteiger partial charge in [-0.3, -0.25) is 4.79 Å². The Labute approximate surface area is 134 Å². The van der Waals surface area contributed by atoms with E-state index in [2.05, 4.69) is 4.98 Å². The number of rotatable bonds is 1. The molecule has 2 aliphatic rings. The molecule has 0 unspecified atom stereocenters. The van der Waals surface area contributed by atoms with Crippen molar-refractivity contribution >= 4 is 17.1 Å². The van der Waals surface area contributed by atoms with E-state index in [4.69, 9.17) is 0 Å². The highest BCUT2D eigenvalue weighted by Gasteiger charge is 2.39. The van der Waals surface area contributed by atoms with E-state index in [1.807, 2.05) is 38.6 Å². The lowest BCUT2D eigenvalue weighted by Crippen LogP contribution is -2.25. The van der Waals surface area contributed by atoms with Gasteiger partial charge in [-0.25, -0.2) is 4.58 Å². The molecule has 118 valence electrons. The fourth-order valence-electron chi connectivity index (χ4n) is 2.88. The Morgan fingerprint density at radius 1 is 1.09 bits per heavy atom. The number of hydrogen-bond donors (Lipinski definition) is 3. The van der Waals surface area contributed by atoms with Gasteiger partial charge in [0.1, 0.15) is 25.6 Å². The number of aliphatic hydroxyl groups is 2. The summed E-state index contributed by atoms with van der Waals surface area (Å²) in [5.41, 5.74) is 4.08. The number of ketones is 1. The second-order valence-corrected chi connectivity index (χ2v) is 6.03. The molecule has 0 amide bonds. The molecule has 0 aromatic carbocycles. The number of H-pyrrole nitrogens is 1. The highest BCUT2D eigenvalue weighted by molar-refractivity contribution is 6.39. The molecule has 2 aliphatic carbocycles. The van der Waals surface area contributed by atoms with Crippen LogP contribution in [0.4, 0.5) is 0 Å². The normalized spacial score (nSPS) is 20.8. The van der Waals surface area contributed by atoms with Crippen LogP contribution in [0.1, 0.15) is 17.0 Å². The number of aliphatic hydroxyl groups excluding tert-OH is 2. The minimum Gasteiger partial charge on any atom is -0.507 e. The molecule has 5 heteroatoms. The van der Waals surface area contributed by atoms with E-state index >= 15 is 0 Å². The Bertz CT molecular complexity index is 885. The molecule has 0 saturated heterocycles. The number of Topliss-reactive ketones (excluding diaryl/α,β-unsaturated/α-hetero) is 1. The van der Waals surface area contributed by atoms with E-state index in [-0.39, 0.29) is 28.4 Å². The maximum atomic E-state index is 12.5. The summed E-state index contributed by atoms with van der Waals surface area (Å²) in [5, 5.41) is 20.5. The average Bonchev–Trinajstić information content (AvgIpc) is 2.79. The number of carbonyl (C=O) groups excluding carboxylic acids is 1. The summed E-state index contributed by atoms with van der Waals surface area (Å²) in [5.74, 6) is -0.363. The smallest absolute Gasteiger partial charge is 0.203 e. The first-order valence-corrected chi connectivity index (χ1v) is 7.33. The summed E-state index contributed by atoms with van der Waals surface area (Å²) in [6.45, 7) is 3.78. The third kappa shape index (κ3) is 2.25. The molecule has 0 fully saturated rings. The van der Waals surface area contributed by atoms with Gasteiger partial charge in [0.05, 0.1) is 22.9 Å². The van der Waals surface area contributed by atoms with Crippen LogP contribution in [0.25, 0.3) is 5.57 Å². The van der Waals surface area contributed by atoms with Gasteiger partial charge in [0, 0.05) is 17.3 Å². The number of carbonyl (C=O) groups is 1. The van der Waals surface area contributed by atoms with Crippen LogP contribution in [0.15, 0.2) is 47.0 Å². The van der Waals surface area contributed by atoms with Crippen LogP contribution in [-0.2, 0) is 4.79 Å². The highest BCUT2D eigenvalue weighted by Crippen LogP contribution is 2.40. The SMILES string of the molecule is Cc1cc(C)c(C2=C(O)/C(=C3/C=CC(=[N+](C)C)C=C3O)C2=O)[nH]1. The lowest BCUT2D eigenvalue weighted by molar-refractivity contribution is -0.462. The van der Waals surface area contributed by atoms with Crippen LogP contribution < -0.4 is 0 Å². The highest BCUT2D eigenvalue weighted by atomic mass is 16.3. The number of hydrogen-bond acceptors (Lipinski definition) is 3. The van der Waals surface area contributed by atoms with Crippen LogP contribution in [0, 0.1) is 13.8 Å². The van der Waals surface area contributed by atoms with E-state index < -0.39 is 0 Å². The van der Waals surface area contributed by atoms with Crippen LogP contribution in [-0.4, -0.2) is 45.4 Å². The van der Waals surface area contributed by atoms with Gasteiger partial charge in [-0.1, -0.05) is 0 Å². The summed E-state index contributed by atoms with van der Waals surface area (Å²) >= 11 is 0. The number of aromatic nitrogens is 1. The number of nitrogens with one attached hydrogen (secondary N) is 1.